The summed E-state index contributed by atoms with van der Waals surface area (Å²) in [4.78, 5) is 12.2. The molecule has 2 aromatic rings. The number of halogens is 1. The van der Waals surface area contributed by atoms with Gasteiger partial charge < -0.3 is 5.32 Å². The Morgan fingerprint density at radius 1 is 1.16 bits per heavy atom. The minimum Gasteiger partial charge on any atom is -0.322 e. The van der Waals surface area contributed by atoms with Crippen molar-refractivity contribution in [1.29, 1.82) is 0 Å². The van der Waals surface area contributed by atoms with Crippen LogP contribution in [0.15, 0.2) is 42.5 Å². The molecule has 0 aliphatic carbocycles. The summed E-state index contributed by atoms with van der Waals surface area (Å²) in [6.45, 7) is 3.98. The summed E-state index contributed by atoms with van der Waals surface area (Å²) >= 11 is 3.41. The fourth-order valence-corrected chi connectivity index (χ4v) is 2.35. The summed E-state index contributed by atoms with van der Waals surface area (Å²) in [5.74, 6) is -0.0655. The molecule has 2 rings (SSSR count). The second-order valence-corrected chi connectivity index (χ2v) is 5.17. The summed E-state index contributed by atoms with van der Waals surface area (Å²) in [5.41, 5.74) is 4.83. The first kappa shape index (κ1) is 13.8. The van der Waals surface area contributed by atoms with Crippen LogP contribution in [0.1, 0.15) is 27.0 Å². The average molecular weight is 318 g/mol. The number of rotatable bonds is 3. The van der Waals surface area contributed by atoms with E-state index in [-0.39, 0.29) is 5.91 Å². The Kier molecular flexibility index (Phi) is 4.38. The van der Waals surface area contributed by atoms with Gasteiger partial charge >= 0.3 is 0 Å². The predicted octanol–water partition coefficient (Wildman–Crippen LogP) is 4.45. The van der Waals surface area contributed by atoms with Gasteiger partial charge in [-0.2, -0.15) is 0 Å². The predicted molar refractivity (Wildman–Crippen MR) is 82.9 cm³/mol. The standard InChI is InChI=1S/C16H16BrNO/c1-11-6-7-15(12(2)8-11)16(19)18-14-5-3-4-13(9-14)10-17/h3-9H,10H2,1-2H3,(H,18,19). The van der Waals surface area contributed by atoms with Crippen LogP contribution in [0.25, 0.3) is 0 Å². The maximum atomic E-state index is 12.2. The summed E-state index contributed by atoms with van der Waals surface area (Å²) in [6.07, 6.45) is 0. The zero-order chi connectivity index (χ0) is 13.8. The molecule has 0 saturated carbocycles. The lowest BCUT2D eigenvalue weighted by Gasteiger charge is -2.09. The van der Waals surface area contributed by atoms with Crippen LogP contribution in [0.5, 0.6) is 0 Å². The number of carbonyl (C=O) groups excluding carboxylic acids is 1. The van der Waals surface area contributed by atoms with Crippen molar-refractivity contribution >= 4 is 27.5 Å². The van der Waals surface area contributed by atoms with Crippen LogP contribution >= 0.6 is 15.9 Å². The number of nitrogens with one attached hydrogen (secondary N) is 1. The molecule has 0 bridgehead atoms. The molecule has 19 heavy (non-hydrogen) atoms. The molecule has 0 aliphatic heterocycles. The van der Waals surface area contributed by atoms with Crippen LogP contribution in [-0.4, -0.2) is 5.91 Å². The summed E-state index contributed by atoms with van der Waals surface area (Å²) in [6, 6.07) is 13.7. The van der Waals surface area contributed by atoms with Crippen LogP contribution in [0.2, 0.25) is 0 Å². The molecule has 0 aliphatic rings. The maximum Gasteiger partial charge on any atom is 0.255 e. The van der Waals surface area contributed by atoms with Crippen molar-refractivity contribution < 1.29 is 4.79 Å². The van der Waals surface area contributed by atoms with Gasteiger partial charge in [-0.25, -0.2) is 0 Å². The Hall–Kier alpha value is -1.61. The number of anilines is 1. The normalized spacial score (nSPS) is 10.3. The second kappa shape index (κ2) is 6.02. The highest BCUT2D eigenvalue weighted by atomic mass is 79.9. The monoisotopic (exact) mass is 317 g/mol. The molecule has 0 radical (unpaired) electrons. The van der Waals surface area contributed by atoms with Crippen LogP contribution in [0, 0.1) is 13.8 Å². The van der Waals surface area contributed by atoms with E-state index in [0.717, 1.165) is 33.3 Å². The van der Waals surface area contributed by atoms with E-state index in [2.05, 4.69) is 21.2 Å². The molecule has 1 amide bonds. The number of benzene rings is 2. The van der Waals surface area contributed by atoms with Crippen molar-refractivity contribution in [2.75, 3.05) is 5.32 Å². The lowest BCUT2D eigenvalue weighted by atomic mass is 10.1. The Morgan fingerprint density at radius 2 is 1.95 bits per heavy atom. The average Bonchev–Trinajstić information content (AvgIpc) is 2.38. The number of aryl methyl sites for hydroxylation is 2. The molecule has 0 unspecified atom stereocenters. The van der Waals surface area contributed by atoms with Gasteiger partial charge in [-0.05, 0) is 43.2 Å². The van der Waals surface area contributed by atoms with Crippen molar-refractivity contribution in [3.8, 4) is 0 Å². The SMILES string of the molecule is Cc1ccc(C(=O)Nc2cccc(CBr)c2)c(C)c1. The molecule has 3 heteroatoms. The highest BCUT2D eigenvalue weighted by Crippen LogP contribution is 2.16. The van der Waals surface area contributed by atoms with Gasteiger partial charge in [0.25, 0.3) is 5.91 Å². The third-order valence-electron chi connectivity index (χ3n) is 2.97. The molecule has 0 heterocycles. The number of hydrogen-bond donors (Lipinski definition) is 1. The molecule has 2 nitrogen and oxygen atoms in total. The molecule has 0 atom stereocenters. The molecule has 0 fully saturated rings. The molecule has 2 aromatic carbocycles. The number of carbonyl (C=O) groups is 1. The summed E-state index contributed by atoms with van der Waals surface area (Å²) < 4.78 is 0. The first-order chi connectivity index (χ1) is 9.10. The highest BCUT2D eigenvalue weighted by Gasteiger charge is 2.09. The van der Waals surface area contributed by atoms with Crippen LogP contribution in [-0.2, 0) is 5.33 Å². The maximum absolute atomic E-state index is 12.2. The zero-order valence-corrected chi connectivity index (χ0v) is 12.6. The highest BCUT2D eigenvalue weighted by molar-refractivity contribution is 9.08. The third-order valence-corrected chi connectivity index (χ3v) is 3.61. The Morgan fingerprint density at radius 3 is 2.63 bits per heavy atom. The van der Waals surface area contributed by atoms with Crippen LogP contribution in [0.3, 0.4) is 0 Å². The summed E-state index contributed by atoms with van der Waals surface area (Å²) in [5, 5.41) is 3.71. The van der Waals surface area contributed by atoms with Gasteiger partial charge in [0.05, 0.1) is 0 Å². The lowest BCUT2D eigenvalue weighted by Crippen LogP contribution is -2.13. The van der Waals surface area contributed by atoms with Gasteiger partial charge in [-0.15, -0.1) is 0 Å². The fraction of sp³-hybridized carbons (Fsp3) is 0.188. The molecular weight excluding hydrogens is 302 g/mol. The van der Waals surface area contributed by atoms with Crippen molar-refractivity contribution in [3.63, 3.8) is 0 Å². The van der Waals surface area contributed by atoms with E-state index in [9.17, 15) is 4.79 Å². The molecular formula is C16H16BrNO. The van der Waals surface area contributed by atoms with E-state index in [4.69, 9.17) is 0 Å². The number of amides is 1. The smallest absolute Gasteiger partial charge is 0.255 e. The van der Waals surface area contributed by atoms with Gasteiger partial charge in [0, 0.05) is 16.6 Å². The quantitative estimate of drug-likeness (QED) is 0.832. The Balaban J connectivity index is 2.20. The van der Waals surface area contributed by atoms with E-state index in [0.29, 0.717) is 0 Å². The minimum absolute atomic E-state index is 0.0655. The third kappa shape index (κ3) is 3.44. The van der Waals surface area contributed by atoms with Gasteiger partial charge in [-0.1, -0.05) is 45.8 Å². The van der Waals surface area contributed by atoms with Crippen molar-refractivity contribution in [1.82, 2.24) is 0 Å². The van der Waals surface area contributed by atoms with Gasteiger partial charge in [0.2, 0.25) is 0 Å². The Labute approximate surface area is 122 Å². The molecule has 98 valence electrons. The van der Waals surface area contributed by atoms with Crippen LogP contribution < -0.4 is 5.32 Å². The molecule has 0 aromatic heterocycles. The number of hydrogen-bond acceptors (Lipinski definition) is 1. The van der Waals surface area contributed by atoms with Gasteiger partial charge in [0.15, 0.2) is 0 Å². The lowest BCUT2D eigenvalue weighted by molar-refractivity contribution is 0.102. The van der Waals surface area contributed by atoms with E-state index >= 15 is 0 Å². The molecule has 0 spiro atoms. The van der Waals surface area contributed by atoms with E-state index in [1.165, 1.54) is 0 Å². The number of alkyl halides is 1. The Bertz CT molecular complexity index is 607. The van der Waals surface area contributed by atoms with E-state index in [1.807, 2.05) is 56.3 Å². The van der Waals surface area contributed by atoms with E-state index < -0.39 is 0 Å². The molecule has 1 N–H and O–H groups in total. The topological polar surface area (TPSA) is 29.1 Å². The van der Waals surface area contributed by atoms with Gasteiger partial charge in [0.1, 0.15) is 0 Å². The van der Waals surface area contributed by atoms with Crippen molar-refractivity contribution in [3.05, 3.63) is 64.7 Å². The zero-order valence-electron chi connectivity index (χ0n) is 11.0. The first-order valence-electron chi connectivity index (χ1n) is 6.13. The summed E-state index contributed by atoms with van der Waals surface area (Å²) in [7, 11) is 0. The van der Waals surface area contributed by atoms with Gasteiger partial charge in [-0.3, -0.25) is 4.79 Å². The molecule has 0 saturated heterocycles. The van der Waals surface area contributed by atoms with Crippen molar-refractivity contribution in [2.45, 2.75) is 19.2 Å². The second-order valence-electron chi connectivity index (χ2n) is 4.61. The van der Waals surface area contributed by atoms with Crippen LogP contribution in [0.4, 0.5) is 5.69 Å². The van der Waals surface area contributed by atoms with Crippen molar-refractivity contribution in [2.24, 2.45) is 0 Å². The fourth-order valence-electron chi connectivity index (χ4n) is 2.00. The minimum atomic E-state index is -0.0655. The largest absolute Gasteiger partial charge is 0.322 e. The first-order valence-corrected chi connectivity index (χ1v) is 7.26. The van der Waals surface area contributed by atoms with E-state index in [1.54, 1.807) is 0 Å².